The first-order chi connectivity index (χ1) is 6.72. The van der Waals surface area contributed by atoms with Crippen molar-refractivity contribution in [1.29, 1.82) is 0 Å². The van der Waals surface area contributed by atoms with Crippen LogP contribution in [0.1, 0.15) is 25.3 Å². The predicted octanol–water partition coefficient (Wildman–Crippen LogP) is 2.34. The average Bonchev–Trinajstić information content (AvgIpc) is 2.15. The molecule has 0 heterocycles. The van der Waals surface area contributed by atoms with E-state index in [1.54, 1.807) is 12.1 Å². The highest BCUT2D eigenvalue weighted by atomic mass is 19.1. The molecule has 1 nitrogen and oxygen atoms in total. The maximum atomic E-state index is 12.7. The van der Waals surface area contributed by atoms with Gasteiger partial charge in [0.1, 0.15) is 11.9 Å². The Bertz CT molecular complexity index is 349. The van der Waals surface area contributed by atoms with Crippen molar-refractivity contribution < 1.29 is 9.50 Å². The average molecular weight is 192 g/mol. The second-order valence-electron chi connectivity index (χ2n) is 3.08. The van der Waals surface area contributed by atoms with E-state index < -0.39 is 6.10 Å². The van der Waals surface area contributed by atoms with Crippen molar-refractivity contribution in [2.24, 2.45) is 0 Å². The summed E-state index contributed by atoms with van der Waals surface area (Å²) in [4.78, 5) is 0. The highest BCUT2D eigenvalue weighted by Gasteiger charge is 1.95. The molecule has 0 aromatic heterocycles. The molecule has 1 aromatic rings. The van der Waals surface area contributed by atoms with Gasteiger partial charge < -0.3 is 5.11 Å². The number of hydrogen-bond acceptors (Lipinski definition) is 1. The van der Waals surface area contributed by atoms with Crippen LogP contribution in [0.25, 0.3) is 0 Å². The number of rotatable bonds is 2. The van der Waals surface area contributed by atoms with Gasteiger partial charge in [0.05, 0.1) is 0 Å². The van der Waals surface area contributed by atoms with Gasteiger partial charge in [0.2, 0.25) is 0 Å². The maximum Gasteiger partial charge on any atom is 0.124 e. The van der Waals surface area contributed by atoms with E-state index in [2.05, 4.69) is 11.8 Å². The lowest BCUT2D eigenvalue weighted by atomic mass is 10.2. The molecule has 14 heavy (non-hydrogen) atoms. The third kappa shape index (κ3) is 3.59. The molecule has 0 radical (unpaired) electrons. The molecule has 0 saturated heterocycles. The fourth-order valence-electron chi connectivity index (χ4n) is 1.08. The summed E-state index contributed by atoms with van der Waals surface area (Å²) < 4.78 is 12.7. The van der Waals surface area contributed by atoms with Gasteiger partial charge in [-0.1, -0.05) is 31.3 Å². The van der Waals surface area contributed by atoms with E-state index >= 15 is 0 Å². The van der Waals surface area contributed by atoms with Gasteiger partial charge in [0.25, 0.3) is 0 Å². The van der Waals surface area contributed by atoms with E-state index in [1.807, 2.05) is 6.92 Å². The molecule has 0 bridgehead atoms. The van der Waals surface area contributed by atoms with Gasteiger partial charge >= 0.3 is 0 Å². The van der Waals surface area contributed by atoms with E-state index in [0.29, 0.717) is 12.0 Å². The summed E-state index contributed by atoms with van der Waals surface area (Å²) in [6.45, 7) is 1.98. The van der Waals surface area contributed by atoms with Crippen LogP contribution >= 0.6 is 0 Å². The van der Waals surface area contributed by atoms with Crippen LogP contribution in [-0.2, 0) is 0 Å². The summed E-state index contributed by atoms with van der Waals surface area (Å²) in [5, 5.41) is 9.31. The Morgan fingerprint density at radius 3 is 2.93 bits per heavy atom. The van der Waals surface area contributed by atoms with Crippen LogP contribution in [0.2, 0.25) is 0 Å². The highest BCUT2D eigenvalue weighted by Crippen LogP contribution is 2.02. The van der Waals surface area contributed by atoms with Crippen LogP contribution in [0.15, 0.2) is 24.3 Å². The monoisotopic (exact) mass is 192 g/mol. The van der Waals surface area contributed by atoms with Crippen molar-refractivity contribution in [1.82, 2.24) is 0 Å². The third-order valence-corrected chi connectivity index (χ3v) is 1.77. The minimum atomic E-state index is -0.608. The molecule has 2 heteroatoms. The zero-order valence-electron chi connectivity index (χ0n) is 8.13. The summed E-state index contributed by atoms with van der Waals surface area (Å²) >= 11 is 0. The quantitative estimate of drug-likeness (QED) is 0.713. The predicted molar refractivity (Wildman–Crippen MR) is 54.2 cm³/mol. The van der Waals surface area contributed by atoms with Gasteiger partial charge in [0, 0.05) is 5.56 Å². The van der Waals surface area contributed by atoms with Crippen molar-refractivity contribution in [2.75, 3.05) is 0 Å². The van der Waals surface area contributed by atoms with Gasteiger partial charge in [-0.05, 0) is 24.6 Å². The van der Waals surface area contributed by atoms with Crippen molar-refractivity contribution in [3.8, 4) is 11.8 Å². The Balaban J connectivity index is 2.67. The number of aliphatic hydroxyl groups excluding tert-OH is 1. The molecule has 1 atom stereocenters. The summed E-state index contributed by atoms with van der Waals surface area (Å²) in [6.07, 6.45) is 0.935. The molecule has 0 aliphatic heterocycles. The standard InChI is InChI=1S/C12H13FO/c1-2-4-12(14)8-7-10-5-3-6-11(13)9-10/h3,5-6,9,12,14H,2,4H2,1H3. The number of aliphatic hydroxyl groups is 1. The topological polar surface area (TPSA) is 20.2 Å². The molecule has 1 N–H and O–H groups in total. The lowest BCUT2D eigenvalue weighted by molar-refractivity contribution is 0.221. The smallest absolute Gasteiger partial charge is 0.124 e. The minimum absolute atomic E-state index is 0.304. The molecule has 0 spiro atoms. The summed E-state index contributed by atoms with van der Waals surface area (Å²) in [5.41, 5.74) is 0.597. The Hall–Kier alpha value is -1.33. The second kappa shape index (κ2) is 5.41. The van der Waals surface area contributed by atoms with E-state index in [1.165, 1.54) is 12.1 Å². The summed E-state index contributed by atoms with van der Waals surface area (Å²) in [6, 6.07) is 6.04. The number of benzene rings is 1. The Morgan fingerprint density at radius 1 is 1.50 bits per heavy atom. The third-order valence-electron chi connectivity index (χ3n) is 1.77. The Morgan fingerprint density at radius 2 is 2.29 bits per heavy atom. The molecule has 1 aromatic carbocycles. The Labute approximate surface area is 83.6 Å². The first kappa shape index (κ1) is 10.7. The number of hydrogen-bond donors (Lipinski definition) is 1. The van der Waals surface area contributed by atoms with Crippen molar-refractivity contribution >= 4 is 0 Å². The number of halogens is 1. The van der Waals surface area contributed by atoms with Crippen molar-refractivity contribution in [2.45, 2.75) is 25.9 Å². The summed E-state index contributed by atoms with van der Waals surface area (Å²) in [7, 11) is 0. The highest BCUT2D eigenvalue weighted by molar-refractivity contribution is 5.34. The molecule has 0 saturated carbocycles. The van der Waals surface area contributed by atoms with E-state index in [9.17, 15) is 9.50 Å². The van der Waals surface area contributed by atoms with E-state index in [-0.39, 0.29) is 5.82 Å². The Kier molecular flexibility index (Phi) is 4.15. The molecule has 0 amide bonds. The van der Waals surface area contributed by atoms with Crippen molar-refractivity contribution in [3.63, 3.8) is 0 Å². The van der Waals surface area contributed by atoms with Crippen LogP contribution in [0.4, 0.5) is 4.39 Å². The lowest BCUT2D eigenvalue weighted by Crippen LogP contribution is -2.00. The molecule has 0 fully saturated rings. The van der Waals surface area contributed by atoms with Crippen LogP contribution < -0.4 is 0 Å². The van der Waals surface area contributed by atoms with Gasteiger partial charge in [0.15, 0.2) is 0 Å². The normalized spacial score (nSPS) is 11.6. The molecule has 0 aliphatic rings. The second-order valence-corrected chi connectivity index (χ2v) is 3.08. The zero-order valence-corrected chi connectivity index (χ0v) is 8.13. The van der Waals surface area contributed by atoms with Gasteiger partial charge in [-0.25, -0.2) is 4.39 Å². The summed E-state index contributed by atoms with van der Waals surface area (Å²) in [5.74, 6) is 5.09. The molecule has 1 unspecified atom stereocenters. The minimum Gasteiger partial charge on any atom is -0.380 e. The zero-order chi connectivity index (χ0) is 10.4. The van der Waals surface area contributed by atoms with Crippen molar-refractivity contribution in [3.05, 3.63) is 35.6 Å². The van der Waals surface area contributed by atoms with Crippen LogP contribution in [0, 0.1) is 17.7 Å². The first-order valence-electron chi connectivity index (χ1n) is 4.67. The lowest BCUT2D eigenvalue weighted by Gasteiger charge is -1.97. The fraction of sp³-hybridized carbons (Fsp3) is 0.333. The fourth-order valence-corrected chi connectivity index (χ4v) is 1.08. The SMILES string of the molecule is CCCC(O)C#Cc1cccc(F)c1. The van der Waals surface area contributed by atoms with Crippen LogP contribution in [-0.4, -0.2) is 11.2 Å². The molecular weight excluding hydrogens is 179 g/mol. The molecular formula is C12H13FO. The molecule has 74 valence electrons. The van der Waals surface area contributed by atoms with Crippen LogP contribution in [0.3, 0.4) is 0 Å². The largest absolute Gasteiger partial charge is 0.380 e. The van der Waals surface area contributed by atoms with Gasteiger partial charge in [-0.15, -0.1) is 0 Å². The maximum absolute atomic E-state index is 12.7. The van der Waals surface area contributed by atoms with Gasteiger partial charge in [-0.2, -0.15) is 0 Å². The van der Waals surface area contributed by atoms with Crippen LogP contribution in [0.5, 0.6) is 0 Å². The van der Waals surface area contributed by atoms with E-state index in [0.717, 1.165) is 6.42 Å². The van der Waals surface area contributed by atoms with Gasteiger partial charge in [-0.3, -0.25) is 0 Å². The first-order valence-corrected chi connectivity index (χ1v) is 4.67. The molecule has 0 aliphatic carbocycles. The molecule has 1 rings (SSSR count). The van der Waals surface area contributed by atoms with E-state index in [4.69, 9.17) is 0 Å².